The van der Waals surface area contributed by atoms with E-state index in [2.05, 4.69) is 0 Å². The third kappa shape index (κ3) is 4.13. The van der Waals surface area contributed by atoms with Crippen molar-refractivity contribution in [2.45, 2.75) is 27.7 Å². The van der Waals surface area contributed by atoms with E-state index in [0.29, 0.717) is 29.5 Å². The fourth-order valence-corrected chi connectivity index (χ4v) is 2.35. The van der Waals surface area contributed by atoms with Gasteiger partial charge in [0.15, 0.2) is 0 Å². The molecule has 0 saturated carbocycles. The van der Waals surface area contributed by atoms with Crippen molar-refractivity contribution in [1.82, 2.24) is 4.90 Å². The summed E-state index contributed by atoms with van der Waals surface area (Å²) < 4.78 is 5.30. The summed E-state index contributed by atoms with van der Waals surface area (Å²) in [6.45, 7) is 8.29. The normalized spacial score (nSPS) is 10.3. The van der Waals surface area contributed by atoms with Crippen molar-refractivity contribution >= 4 is 29.1 Å². The van der Waals surface area contributed by atoms with Crippen LogP contribution in [0.4, 0.5) is 5.69 Å². The van der Waals surface area contributed by atoms with Crippen LogP contribution in [0.1, 0.15) is 26.3 Å². The van der Waals surface area contributed by atoms with Gasteiger partial charge in [-0.1, -0.05) is 11.6 Å². The topological polar surface area (TPSA) is 49.9 Å². The molecule has 2 amide bonds. The Morgan fingerprint density at radius 2 is 1.82 bits per heavy atom. The molecule has 0 radical (unpaired) electrons. The maximum atomic E-state index is 12.3. The molecule has 5 nitrogen and oxygen atoms in total. The molecule has 0 heterocycles. The molecule has 0 spiro atoms. The lowest BCUT2D eigenvalue weighted by atomic mass is 10.1. The summed E-state index contributed by atoms with van der Waals surface area (Å²) in [6.07, 6.45) is 0. The van der Waals surface area contributed by atoms with E-state index in [9.17, 15) is 9.59 Å². The third-order valence-electron chi connectivity index (χ3n) is 3.54. The third-order valence-corrected chi connectivity index (χ3v) is 3.95. The predicted octanol–water partition coefficient (Wildman–Crippen LogP) is 2.88. The number of aryl methyl sites for hydroxylation is 1. The Labute approximate surface area is 136 Å². The zero-order valence-electron chi connectivity index (χ0n) is 13.8. The zero-order valence-corrected chi connectivity index (χ0v) is 14.5. The molecule has 0 bridgehead atoms. The van der Waals surface area contributed by atoms with Gasteiger partial charge >= 0.3 is 0 Å². The Morgan fingerprint density at radius 1 is 1.23 bits per heavy atom. The van der Waals surface area contributed by atoms with Crippen LogP contribution in [-0.4, -0.2) is 43.5 Å². The number of rotatable bonds is 6. The van der Waals surface area contributed by atoms with Gasteiger partial charge in [-0.3, -0.25) is 14.5 Å². The first-order valence-electron chi connectivity index (χ1n) is 7.25. The van der Waals surface area contributed by atoms with Crippen LogP contribution in [0.3, 0.4) is 0 Å². The minimum Gasteiger partial charge on any atom is -0.495 e. The van der Waals surface area contributed by atoms with E-state index in [1.165, 1.54) is 18.9 Å². The van der Waals surface area contributed by atoms with Gasteiger partial charge in [0, 0.05) is 31.1 Å². The average Bonchev–Trinajstić information content (AvgIpc) is 2.48. The van der Waals surface area contributed by atoms with Crippen LogP contribution < -0.4 is 9.64 Å². The van der Waals surface area contributed by atoms with Crippen LogP contribution in [-0.2, 0) is 9.59 Å². The minimum atomic E-state index is -0.222. The maximum Gasteiger partial charge on any atom is 0.242 e. The fourth-order valence-electron chi connectivity index (χ4n) is 2.20. The van der Waals surface area contributed by atoms with Crippen LogP contribution in [0.15, 0.2) is 12.1 Å². The number of ether oxygens (including phenoxy) is 1. The van der Waals surface area contributed by atoms with Gasteiger partial charge in [-0.15, -0.1) is 0 Å². The first kappa shape index (κ1) is 18.3. The summed E-state index contributed by atoms with van der Waals surface area (Å²) in [5, 5.41) is 0.555. The number of hydrogen-bond acceptors (Lipinski definition) is 3. The van der Waals surface area contributed by atoms with Gasteiger partial charge in [0.1, 0.15) is 12.3 Å². The van der Waals surface area contributed by atoms with Crippen LogP contribution >= 0.6 is 11.6 Å². The van der Waals surface area contributed by atoms with Gasteiger partial charge in [-0.2, -0.15) is 0 Å². The van der Waals surface area contributed by atoms with Gasteiger partial charge in [0.25, 0.3) is 0 Å². The predicted molar refractivity (Wildman–Crippen MR) is 88.7 cm³/mol. The lowest BCUT2D eigenvalue weighted by Gasteiger charge is -2.27. The first-order valence-corrected chi connectivity index (χ1v) is 7.63. The largest absolute Gasteiger partial charge is 0.495 e. The van der Waals surface area contributed by atoms with Crippen molar-refractivity contribution in [3.05, 3.63) is 22.7 Å². The highest BCUT2D eigenvalue weighted by atomic mass is 35.5. The van der Waals surface area contributed by atoms with E-state index in [1.807, 2.05) is 20.8 Å². The van der Waals surface area contributed by atoms with Gasteiger partial charge in [-0.05, 0) is 32.4 Å². The molecule has 0 aliphatic heterocycles. The summed E-state index contributed by atoms with van der Waals surface area (Å²) in [4.78, 5) is 27.4. The molecule has 122 valence electrons. The molecular weight excluding hydrogens is 304 g/mol. The second-order valence-electron chi connectivity index (χ2n) is 4.94. The number of carbonyl (C=O) groups is 2. The molecule has 6 heteroatoms. The van der Waals surface area contributed by atoms with E-state index < -0.39 is 0 Å². The molecule has 0 atom stereocenters. The van der Waals surface area contributed by atoms with Gasteiger partial charge in [-0.25, -0.2) is 0 Å². The summed E-state index contributed by atoms with van der Waals surface area (Å²) in [5.74, 6) is 0.147. The summed E-state index contributed by atoms with van der Waals surface area (Å²) >= 11 is 6.09. The van der Waals surface area contributed by atoms with Crippen LogP contribution in [0.25, 0.3) is 0 Å². The Morgan fingerprint density at radius 3 is 2.27 bits per heavy atom. The molecule has 1 aromatic carbocycles. The Kier molecular flexibility index (Phi) is 6.68. The smallest absolute Gasteiger partial charge is 0.242 e. The molecule has 0 aromatic heterocycles. The number of hydrogen-bond donors (Lipinski definition) is 0. The highest BCUT2D eigenvalue weighted by Crippen LogP contribution is 2.33. The van der Waals surface area contributed by atoms with Crippen LogP contribution in [0.5, 0.6) is 5.75 Å². The van der Waals surface area contributed by atoms with Gasteiger partial charge in [0.05, 0.1) is 12.8 Å². The Hall–Kier alpha value is -1.75. The second-order valence-corrected chi connectivity index (χ2v) is 5.35. The molecule has 0 unspecified atom stereocenters. The minimum absolute atomic E-state index is 0.0194. The second kappa shape index (κ2) is 8.03. The van der Waals surface area contributed by atoms with Crippen LogP contribution in [0, 0.1) is 6.92 Å². The molecule has 0 aliphatic rings. The van der Waals surface area contributed by atoms with Crippen molar-refractivity contribution in [3.8, 4) is 5.75 Å². The van der Waals surface area contributed by atoms with E-state index in [1.54, 1.807) is 17.0 Å². The number of halogens is 1. The summed E-state index contributed by atoms with van der Waals surface area (Å²) in [6, 6.07) is 3.42. The Bertz CT molecular complexity index is 557. The van der Waals surface area contributed by atoms with E-state index in [0.717, 1.165) is 5.56 Å². The number of likely N-dealkylation sites (N-methyl/N-ethyl adjacent to an activating group) is 1. The van der Waals surface area contributed by atoms with E-state index in [4.69, 9.17) is 16.3 Å². The number of anilines is 1. The zero-order chi connectivity index (χ0) is 16.9. The summed E-state index contributed by atoms with van der Waals surface area (Å²) in [5.41, 5.74) is 1.37. The molecule has 22 heavy (non-hydrogen) atoms. The highest BCUT2D eigenvalue weighted by Gasteiger charge is 2.22. The maximum absolute atomic E-state index is 12.3. The SMILES string of the molecule is CCN(CC)C(=O)CN(C(C)=O)c1cc(C)c(Cl)cc1OC. The molecule has 0 N–H and O–H groups in total. The molecule has 0 fully saturated rings. The van der Waals surface area contributed by atoms with Crippen LogP contribution in [0.2, 0.25) is 5.02 Å². The van der Waals surface area contributed by atoms with Crippen molar-refractivity contribution in [2.24, 2.45) is 0 Å². The lowest BCUT2D eigenvalue weighted by Crippen LogP contribution is -2.42. The highest BCUT2D eigenvalue weighted by molar-refractivity contribution is 6.31. The van der Waals surface area contributed by atoms with E-state index in [-0.39, 0.29) is 18.4 Å². The fraction of sp³-hybridized carbons (Fsp3) is 0.500. The van der Waals surface area contributed by atoms with Crippen molar-refractivity contribution in [2.75, 3.05) is 31.6 Å². The summed E-state index contributed by atoms with van der Waals surface area (Å²) in [7, 11) is 1.51. The van der Waals surface area contributed by atoms with Crippen molar-refractivity contribution < 1.29 is 14.3 Å². The van der Waals surface area contributed by atoms with E-state index >= 15 is 0 Å². The Balaban J connectivity index is 3.19. The number of methoxy groups -OCH3 is 1. The quantitative estimate of drug-likeness (QED) is 0.807. The number of amides is 2. The van der Waals surface area contributed by atoms with Gasteiger partial charge < -0.3 is 9.64 Å². The first-order chi connectivity index (χ1) is 10.3. The van der Waals surface area contributed by atoms with Gasteiger partial charge in [0.2, 0.25) is 11.8 Å². The standard InChI is InChI=1S/C16H23ClN2O3/c1-6-18(7-2)16(21)10-19(12(4)20)14-8-11(3)13(17)9-15(14)22-5/h8-9H,6-7,10H2,1-5H3. The lowest BCUT2D eigenvalue weighted by molar-refractivity contribution is -0.130. The molecule has 0 saturated heterocycles. The van der Waals surface area contributed by atoms with Crippen molar-refractivity contribution in [1.29, 1.82) is 0 Å². The molecule has 0 aliphatic carbocycles. The van der Waals surface area contributed by atoms with Crippen molar-refractivity contribution in [3.63, 3.8) is 0 Å². The molecule has 1 rings (SSSR count). The number of benzene rings is 1. The number of carbonyl (C=O) groups excluding carboxylic acids is 2. The molecular formula is C16H23ClN2O3. The average molecular weight is 327 g/mol. The molecule has 1 aromatic rings. The number of nitrogens with zero attached hydrogens (tertiary/aromatic N) is 2. The monoisotopic (exact) mass is 326 g/mol.